The monoisotopic (exact) mass is 171 g/mol. The SMILES string of the molecule is CC1CCCC(C)(C)N1OC=O. The van der Waals surface area contributed by atoms with Gasteiger partial charge in [-0.25, -0.2) is 0 Å². The molecule has 0 aromatic carbocycles. The zero-order chi connectivity index (χ0) is 9.19. The molecule has 12 heavy (non-hydrogen) atoms. The maximum absolute atomic E-state index is 10.2. The maximum Gasteiger partial charge on any atom is 0.313 e. The highest BCUT2D eigenvalue weighted by Crippen LogP contribution is 2.30. The fourth-order valence-electron chi connectivity index (χ4n) is 1.95. The van der Waals surface area contributed by atoms with E-state index in [-0.39, 0.29) is 5.54 Å². The number of hydroxylamine groups is 2. The van der Waals surface area contributed by atoms with E-state index in [2.05, 4.69) is 20.8 Å². The quantitative estimate of drug-likeness (QED) is 0.592. The summed E-state index contributed by atoms with van der Waals surface area (Å²) in [6.45, 7) is 6.81. The number of carbonyl (C=O) groups excluding carboxylic acids is 1. The van der Waals surface area contributed by atoms with Crippen LogP contribution in [-0.4, -0.2) is 23.1 Å². The number of nitrogens with zero attached hydrogens (tertiary/aromatic N) is 1. The summed E-state index contributed by atoms with van der Waals surface area (Å²) in [6.07, 6.45) is 3.41. The Morgan fingerprint density at radius 2 is 2.25 bits per heavy atom. The lowest BCUT2D eigenvalue weighted by molar-refractivity contribution is -0.228. The van der Waals surface area contributed by atoms with Crippen LogP contribution in [0.25, 0.3) is 0 Å². The van der Waals surface area contributed by atoms with Gasteiger partial charge in [0.05, 0.1) is 5.54 Å². The molecule has 0 radical (unpaired) electrons. The third kappa shape index (κ3) is 1.78. The number of hydrogen-bond donors (Lipinski definition) is 0. The Kier molecular flexibility index (Phi) is 2.73. The van der Waals surface area contributed by atoms with Crippen molar-refractivity contribution in [1.29, 1.82) is 0 Å². The van der Waals surface area contributed by atoms with E-state index in [0.717, 1.165) is 12.8 Å². The standard InChI is InChI=1S/C9H17NO2/c1-8-5-4-6-9(2,3)10(8)12-7-11/h7-8H,4-6H2,1-3H3. The second kappa shape index (κ2) is 3.44. The highest BCUT2D eigenvalue weighted by Gasteiger charge is 2.35. The van der Waals surface area contributed by atoms with E-state index in [0.29, 0.717) is 12.5 Å². The van der Waals surface area contributed by atoms with Crippen LogP contribution in [-0.2, 0) is 9.63 Å². The van der Waals surface area contributed by atoms with Crippen molar-refractivity contribution in [3.05, 3.63) is 0 Å². The largest absolute Gasteiger partial charge is 0.370 e. The molecular weight excluding hydrogens is 154 g/mol. The van der Waals surface area contributed by atoms with Gasteiger partial charge in [0.2, 0.25) is 0 Å². The molecule has 1 aliphatic rings. The first kappa shape index (κ1) is 9.52. The van der Waals surface area contributed by atoms with Crippen molar-refractivity contribution in [2.24, 2.45) is 0 Å². The third-order valence-electron chi connectivity index (χ3n) is 2.56. The van der Waals surface area contributed by atoms with Crippen LogP contribution in [0.5, 0.6) is 0 Å². The molecule has 0 aromatic heterocycles. The third-order valence-corrected chi connectivity index (χ3v) is 2.56. The van der Waals surface area contributed by atoms with Crippen LogP contribution in [0.4, 0.5) is 0 Å². The van der Waals surface area contributed by atoms with Gasteiger partial charge in [-0.2, -0.15) is 0 Å². The maximum atomic E-state index is 10.2. The second-order valence-electron chi connectivity index (χ2n) is 4.08. The van der Waals surface area contributed by atoms with Crippen molar-refractivity contribution in [2.45, 2.75) is 51.6 Å². The first-order valence-corrected chi connectivity index (χ1v) is 4.47. The van der Waals surface area contributed by atoms with Crippen molar-refractivity contribution >= 4 is 6.47 Å². The highest BCUT2D eigenvalue weighted by atomic mass is 16.7. The zero-order valence-electron chi connectivity index (χ0n) is 8.04. The van der Waals surface area contributed by atoms with E-state index in [9.17, 15) is 4.79 Å². The summed E-state index contributed by atoms with van der Waals surface area (Å²) < 4.78 is 0. The second-order valence-corrected chi connectivity index (χ2v) is 4.08. The van der Waals surface area contributed by atoms with Crippen molar-refractivity contribution in [1.82, 2.24) is 5.06 Å². The molecule has 70 valence electrons. The van der Waals surface area contributed by atoms with Gasteiger partial charge in [-0.3, -0.25) is 4.79 Å². The zero-order valence-corrected chi connectivity index (χ0v) is 8.04. The van der Waals surface area contributed by atoms with Gasteiger partial charge in [-0.15, -0.1) is 5.06 Å². The van der Waals surface area contributed by atoms with Crippen LogP contribution in [0.1, 0.15) is 40.0 Å². The van der Waals surface area contributed by atoms with Gasteiger partial charge in [0, 0.05) is 6.04 Å². The predicted molar refractivity (Wildman–Crippen MR) is 46.4 cm³/mol. The Morgan fingerprint density at radius 1 is 1.58 bits per heavy atom. The van der Waals surface area contributed by atoms with Crippen molar-refractivity contribution < 1.29 is 9.63 Å². The lowest BCUT2D eigenvalue weighted by atomic mass is 9.89. The molecule has 1 atom stereocenters. The van der Waals surface area contributed by atoms with Crippen LogP contribution >= 0.6 is 0 Å². The molecule has 0 aromatic rings. The van der Waals surface area contributed by atoms with E-state index in [4.69, 9.17) is 4.84 Å². The topological polar surface area (TPSA) is 29.5 Å². The van der Waals surface area contributed by atoms with E-state index in [1.807, 2.05) is 5.06 Å². The van der Waals surface area contributed by atoms with Gasteiger partial charge >= 0.3 is 6.47 Å². The Balaban J connectivity index is 2.66. The smallest absolute Gasteiger partial charge is 0.313 e. The summed E-state index contributed by atoms with van der Waals surface area (Å²) >= 11 is 0. The fourth-order valence-corrected chi connectivity index (χ4v) is 1.95. The Labute approximate surface area is 73.6 Å². The molecule has 1 heterocycles. The van der Waals surface area contributed by atoms with Gasteiger partial charge in [-0.1, -0.05) is 0 Å². The van der Waals surface area contributed by atoms with Gasteiger partial charge in [0.15, 0.2) is 0 Å². The van der Waals surface area contributed by atoms with E-state index >= 15 is 0 Å². The number of hydrogen-bond acceptors (Lipinski definition) is 3. The van der Waals surface area contributed by atoms with E-state index in [1.165, 1.54) is 6.42 Å². The molecule has 1 rings (SSSR count). The normalized spacial score (nSPS) is 29.8. The molecule has 1 unspecified atom stereocenters. The number of carbonyl (C=O) groups is 1. The lowest BCUT2D eigenvalue weighted by Gasteiger charge is -2.43. The molecule has 0 N–H and O–H groups in total. The van der Waals surface area contributed by atoms with Crippen molar-refractivity contribution in [3.8, 4) is 0 Å². The van der Waals surface area contributed by atoms with Crippen LogP contribution < -0.4 is 0 Å². The van der Waals surface area contributed by atoms with E-state index < -0.39 is 0 Å². The first-order valence-electron chi connectivity index (χ1n) is 4.47. The van der Waals surface area contributed by atoms with Crippen molar-refractivity contribution in [3.63, 3.8) is 0 Å². The lowest BCUT2D eigenvalue weighted by Crippen LogP contribution is -2.51. The van der Waals surface area contributed by atoms with Crippen LogP contribution in [0.2, 0.25) is 0 Å². The minimum atomic E-state index is -0.00141. The Bertz CT molecular complexity index is 168. The van der Waals surface area contributed by atoms with Gasteiger partial charge in [0.25, 0.3) is 0 Å². The van der Waals surface area contributed by atoms with Gasteiger partial charge in [0.1, 0.15) is 0 Å². The van der Waals surface area contributed by atoms with E-state index in [1.54, 1.807) is 0 Å². The van der Waals surface area contributed by atoms with Crippen LogP contribution in [0.15, 0.2) is 0 Å². The average molecular weight is 171 g/mol. The molecule has 0 aliphatic carbocycles. The van der Waals surface area contributed by atoms with Crippen LogP contribution in [0, 0.1) is 0 Å². The minimum absolute atomic E-state index is 0.00141. The molecule has 3 heteroatoms. The Hall–Kier alpha value is -0.570. The molecule has 3 nitrogen and oxygen atoms in total. The number of piperidine rings is 1. The minimum Gasteiger partial charge on any atom is -0.370 e. The van der Waals surface area contributed by atoms with Gasteiger partial charge < -0.3 is 4.84 Å². The average Bonchev–Trinajstić information content (AvgIpc) is 1.97. The number of rotatable bonds is 2. The molecular formula is C9H17NO2. The van der Waals surface area contributed by atoms with Crippen LogP contribution in [0.3, 0.4) is 0 Å². The predicted octanol–water partition coefficient (Wildman–Crippen LogP) is 1.73. The molecule has 0 saturated carbocycles. The molecule has 1 fully saturated rings. The molecule has 0 bridgehead atoms. The van der Waals surface area contributed by atoms with Crippen molar-refractivity contribution in [2.75, 3.05) is 0 Å². The molecule has 1 saturated heterocycles. The first-order chi connectivity index (χ1) is 5.58. The fraction of sp³-hybridized carbons (Fsp3) is 0.889. The summed E-state index contributed by atoms with van der Waals surface area (Å²) in [5.41, 5.74) is -0.00141. The summed E-state index contributed by atoms with van der Waals surface area (Å²) in [7, 11) is 0. The molecule has 0 amide bonds. The molecule has 1 aliphatic heterocycles. The summed E-state index contributed by atoms with van der Waals surface area (Å²) in [4.78, 5) is 15.2. The molecule has 0 spiro atoms. The summed E-state index contributed by atoms with van der Waals surface area (Å²) in [5.74, 6) is 0. The highest BCUT2D eigenvalue weighted by molar-refractivity contribution is 5.36. The summed E-state index contributed by atoms with van der Waals surface area (Å²) in [6, 6.07) is 0.346. The summed E-state index contributed by atoms with van der Waals surface area (Å²) in [5, 5.41) is 1.81. The van der Waals surface area contributed by atoms with Gasteiger partial charge in [-0.05, 0) is 40.0 Å². The Morgan fingerprint density at radius 3 is 2.75 bits per heavy atom.